The van der Waals surface area contributed by atoms with E-state index in [2.05, 4.69) is 25.6 Å². The number of halogens is 2. The maximum atomic E-state index is 13.0. The number of nitrogens with zero attached hydrogens (tertiary/aromatic N) is 1. The van der Waals surface area contributed by atoms with E-state index in [4.69, 9.17) is 5.73 Å². The molecule has 0 saturated heterocycles. The van der Waals surface area contributed by atoms with Crippen molar-refractivity contribution in [3.8, 4) is 0 Å². The van der Waals surface area contributed by atoms with E-state index in [1.807, 2.05) is 0 Å². The van der Waals surface area contributed by atoms with Gasteiger partial charge in [0.2, 0.25) is 0 Å². The van der Waals surface area contributed by atoms with E-state index in [-0.39, 0.29) is 16.4 Å². The standard InChI is InChI=1S/C12H11BrFN3O2S/c1-7-4-9(14)2-3-10(7)17-20(18,19)11-5-8(13)6-16-12(11)15/h2-6,17H,1H3,(H2,15,16). The Labute approximate surface area is 124 Å². The Bertz CT molecular complexity index is 765. The lowest BCUT2D eigenvalue weighted by molar-refractivity contribution is 0.601. The summed E-state index contributed by atoms with van der Waals surface area (Å²) in [6.45, 7) is 1.60. The molecule has 0 spiro atoms. The molecule has 0 fully saturated rings. The molecule has 2 aromatic rings. The van der Waals surface area contributed by atoms with E-state index in [1.165, 1.54) is 30.5 Å². The third kappa shape index (κ3) is 3.07. The minimum Gasteiger partial charge on any atom is -0.383 e. The zero-order valence-corrected chi connectivity index (χ0v) is 12.8. The molecule has 3 N–H and O–H groups in total. The van der Waals surface area contributed by atoms with Gasteiger partial charge in [-0.2, -0.15) is 0 Å². The first-order valence-electron chi connectivity index (χ1n) is 5.49. The summed E-state index contributed by atoms with van der Waals surface area (Å²) >= 11 is 3.14. The van der Waals surface area contributed by atoms with E-state index in [0.29, 0.717) is 10.0 Å². The van der Waals surface area contributed by atoms with Crippen molar-refractivity contribution < 1.29 is 12.8 Å². The zero-order valence-electron chi connectivity index (χ0n) is 10.4. The molecule has 0 aliphatic rings. The Kier molecular flexibility index (Phi) is 3.96. The first kappa shape index (κ1) is 14.7. The molecular weight excluding hydrogens is 349 g/mol. The molecule has 0 aliphatic heterocycles. The van der Waals surface area contributed by atoms with E-state index in [9.17, 15) is 12.8 Å². The molecule has 0 bridgehead atoms. The molecule has 1 aromatic carbocycles. The number of anilines is 2. The summed E-state index contributed by atoms with van der Waals surface area (Å²) in [4.78, 5) is 3.63. The van der Waals surface area contributed by atoms with Crippen molar-refractivity contribution >= 4 is 37.5 Å². The van der Waals surface area contributed by atoms with Crippen molar-refractivity contribution in [3.63, 3.8) is 0 Å². The van der Waals surface area contributed by atoms with Crippen LogP contribution in [0.3, 0.4) is 0 Å². The highest BCUT2D eigenvalue weighted by Gasteiger charge is 2.20. The highest BCUT2D eigenvalue weighted by molar-refractivity contribution is 9.10. The Morgan fingerprint density at radius 3 is 2.70 bits per heavy atom. The number of nitrogen functional groups attached to an aromatic ring is 1. The van der Waals surface area contributed by atoms with Crippen molar-refractivity contribution in [3.05, 3.63) is 46.3 Å². The van der Waals surface area contributed by atoms with Crippen LogP contribution in [0.1, 0.15) is 5.56 Å². The molecule has 0 atom stereocenters. The average molecular weight is 360 g/mol. The number of hydrogen-bond acceptors (Lipinski definition) is 4. The average Bonchev–Trinajstić information content (AvgIpc) is 2.35. The molecule has 5 nitrogen and oxygen atoms in total. The second kappa shape index (κ2) is 5.37. The monoisotopic (exact) mass is 359 g/mol. The molecule has 8 heteroatoms. The molecular formula is C12H11BrFN3O2S. The number of hydrogen-bond donors (Lipinski definition) is 2. The van der Waals surface area contributed by atoms with Crippen molar-refractivity contribution in [2.24, 2.45) is 0 Å². The number of nitrogens with two attached hydrogens (primary N) is 1. The molecule has 20 heavy (non-hydrogen) atoms. The van der Waals surface area contributed by atoms with Crippen LogP contribution in [0.4, 0.5) is 15.9 Å². The smallest absolute Gasteiger partial charge is 0.265 e. The fourth-order valence-corrected chi connectivity index (χ4v) is 3.31. The van der Waals surface area contributed by atoms with Gasteiger partial charge in [0.1, 0.15) is 16.5 Å². The quantitative estimate of drug-likeness (QED) is 0.881. The minimum absolute atomic E-state index is 0.111. The summed E-state index contributed by atoms with van der Waals surface area (Å²) < 4.78 is 40.4. The fourth-order valence-electron chi connectivity index (χ4n) is 1.59. The molecule has 0 amide bonds. The summed E-state index contributed by atoms with van der Waals surface area (Å²) in [6.07, 6.45) is 1.40. The molecule has 1 aromatic heterocycles. The van der Waals surface area contributed by atoms with Gasteiger partial charge in [-0.25, -0.2) is 17.8 Å². The Morgan fingerprint density at radius 2 is 2.05 bits per heavy atom. The largest absolute Gasteiger partial charge is 0.383 e. The van der Waals surface area contributed by atoms with Gasteiger partial charge in [0.15, 0.2) is 0 Å². The van der Waals surface area contributed by atoms with Crippen LogP contribution in [0.2, 0.25) is 0 Å². The summed E-state index contributed by atoms with van der Waals surface area (Å²) in [6, 6.07) is 5.11. The van der Waals surface area contributed by atoms with Crippen LogP contribution < -0.4 is 10.5 Å². The maximum absolute atomic E-state index is 13.0. The number of pyridine rings is 1. The lowest BCUT2D eigenvalue weighted by Gasteiger charge is -2.12. The molecule has 0 unspecified atom stereocenters. The lowest BCUT2D eigenvalue weighted by atomic mass is 10.2. The van der Waals surface area contributed by atoms with Crippen LogP contribution in [0.5, 0.6) is 0 Å². The second-order valence-electron chi connectivity index (χ2n) is 4.10. The van der Waals surface area contributed by atoms with Gasteiger partial charge in [-0.3, -0.25) is 4.72 Å². The van der Waals surface area contributed by atoms with Gasteiger partial charge in [0.25, 0.3) is 10.0 Å². The van der Waals surface area contributed by atoms with Gasteiger partial charge in [0, 0.05) is 10.7 Å². The number of sulfonamides is 1. The number of benzene rings is 1. The van der Waals surface area contributed by atoms with Crippen LogP contribution in [0, 0.1) is 12.7 Å². The van der Waals surface area contributed by atoms with Gasteiger partial charge >= 0.3 is 0 Å². The highest BCUT2D eigenvalue weighted by atomic mass is 79.9. The van der Waals surface area contributed by atoms with Crippen LogP contribution in [0.15, 0.2) is 39.8 Å². The Hall–Kier alpha value is -1.67. The minimum atomic E-state index is -3.89. The van der Waals surface area contributed by atoms with Gasteiger partial charge in [-0.15, -0.1) is 0 Å². The number of rotatable bonds is 3. The molecule has 0 aliphatic carbocycles. The number of aromatic nitrogens is 1. The third-order valence-electron chi connectivity index (χ3n) is 2.57. The van der Waals surface area contributed by atoms with Gasteiger partial charge in [0.05, 0.1) is 5.69 Å². The van der Waals surface area contributed by atoms with Crippen LogP contribution >= 0.6 is 15.9 Å². The number of nitrogens with one attached hydrogen (secondary N) is 1. The van der Waals surface area contributed by atoms with E-state index in [0.717, 1.165) is 0 Å². The SMILES string of the molecule is Cc1cc(F)ccc1NS(=O)(=O)c1cc(Br)cnc1N. The first-order valence-corrected chi connectivity index (χ1v) is 7.77. The van der Waals surface area contributed by atoms with Crippen molar-refractivity contribution in [2.45, 2.75) is 11.8 Å². The number of aryl methyl sites for hydroxylation is 1. The van der Waals surface area contributed by atoms with Gasteiger partial charge < -0.3 is 5.73 Å². The van der Waals surface area contributed by atoms with Crippen molar-refractivity contribution in [1.82, 2.24) is 4.98 Å². The van der Waals surface area contributed by atoms with E-state index in [1.54, 1.807) is 6.92 Å². The fraction of sp³-hybridized carbons (Fsp3) is 0.0833. The Morgan fingerprint density at radius 1 is 1.35 bits per heavy atom. The third-order valence-corrected chi connectivity index (χ3v) is 4.40. The summed E-state index contributed by atoms with van der Waals surface area (Å²) in [7, 11) is -3.89. The molecule has 1 heterocycles. The molecule has 2 rings (SSSR count). The van der Waals surface area contributed by atoms with Crippen molar-refractivity contribution in [2.75, 3.05) is 10.5 Å². The van der Waals surface area contributed by atoms with Gasteiger partial charge in [-0.05, 0) is 52.7 Å². The van der Waals surface area contributed by atoms with E-state index >= 15 is 0 Å². The van der Waals surface area contributed by atoms with Crippen LogP contribution in [0.25, 0.3) is 0 Å². The van der Waals surface area contributed by atoms with Crippen LogP contribution in [-0.2, 0) is 10.0 Å². The molecule has 0 saturated carbocycles. The van der Waals surface area contributed by atoms with Gasteiger partial charge in [-0.1, -0.05) is 0 Å². The molecule has 0 radical (unpaired) electrons. The highest BCUT2D eigenvalue weighted by Crippen LogP contribution is 2.24. The van der Waals surface area contributed by atoms with Crippen LogP contribution in [-0.4, -0.2) is 13.4 Å². The Balaban J connectivity index is 2.43. The van der Waals surface area contributed by atoms with E-state index < -0.39 is 15.8 Å². The zero-order chi connectivity index (χ0) is 14.9. The predicted octanol–water partition coefficient (Wildman–Crippen LogP) is 2.67. The second-order valence-corrected chi connectivity index (χ2v) is 6.67. The summed E-state index contributed by atoms with van der Waals surface area (Å²) in [5.74, 6) is -0.547. The normalized spacial score (nSPS) is 11.3. The first-order chi connectivity index (χ1) is 9.29. The predicted molar refractivity (Wildman–Crippen MR) is 78.3 cm³/mol. The molecule has 106 valence electrons. The maximum Gasteiger partial charge on any atom is 0.265 e. The lowest BCUT2D eigenvalue weighted by Crippen LogP contribution is -2.16. The summed E-state index contributed by atoms with van der Waals surface area (Å²) in [5.41, 5.74) is 6.33. The van der Waals surface area contributed by atoms with Crippen molar-refractivity contribution in [1.29, 1.82) is 0 Å². The summed E-state index contributed by atoms with van der Waals surface area (Å²) in [5, 5.41) is 0. The topological polar surface area (TPSA) is 85.1 Å².